The largest absolute Gasteiger partial charge is 0.463 e. The first-order chi connectivity index (χ1) is 9.86. The van der Waals surface area contributed by atoms with E-state index in [1.165, 1.54) is 6.08 Å². The summed E-state index contributed by atoms with van der Waals surface area (Å²) in [6, 6.07) is 0. The van der Waals surface area contributed by atoms with Crippen LogP contribution < -0.4 is 0 Å². The molecule has 2 unspecified atom stereocenters. The second kappa shape index (κ2) is 4.85. The van der Waals surface area contributed by atoms with Crippen molar-refractivity contribution in [3.63, 3.8) is 0 Å². The Labute approximate surface area is 125 Å². The molecule has 0 aromatic rings. The van der Waals surface area contributed by atoms with E-state index >= 15 is 0 Å². The van der Waals surface area contributed by atoms with Gasteiger partial charge in [-0.15, -0.1) is 0 Å². The maximum Gasteiger partial charge on any atom is 0.330 e. The van der Waals surface area contributed by atoms with Gasteiger partial charge in [-0.3, -0.25) is 4.79 Å². The quantitative estimate of drug-likeness (QED) is 0.590. The van der Waals surface area contributed by atoms with E-state index in [0.29, 0.717) is 18.3 Å². The molecule has 21 heavy (non-hydrogen) atoms. The lowest BCUT2D eigenvalue weighted by atomic mass is 9.48. The van der Waals surface area contributed by atoms with Gasteiger partial charge in [-0.2, -0.15) is 0 Å². The highest BCUT2D eigenvalue weighted by Gasteiger charge is 2.63. The zero-order chi connectivity index (χ0) is 15.3. The SMILES string of the molecule is C=CC(=O)OC12CC3CC(C1)CC(C(=O)OC(C)C)(C3)C2. The van der Waals surface area contributed by atoms with E-state index in [1.54, 1.807) is 0 Å². The number of ether oxygens (including phenoxy) is 2. The van der Waals surface area contributed by atoms with E-state index in [-0.39, 0.29) is 18.0 Å². The average Bonchev–Trinajstić information content (AvgIpc) is 2.35. The standard InChI is InChI=1S/C17H24O4/c1-4-14(18)21-17-8-12-5-13(9-17)7-16(6-12,10-17)15(19)20-11(2)3/h4,11-13H,1,5-10H2,2-3H3. The Balaban J connectivity index is 1.86. The van der Waals surface area contributed by atoms with Gasteiger partial charge < -0.3 is 9.47 Å². The lowest BCUT2D eigenvalue weighted by Crippen LogP contribution is -2.60. The molecule has 4 bridgehead atoms. The fourth-order valence-corrected chi connectivity index (χ4v) is 5.13. The van der Waals surface area contributed by atoms with Crippen LogP contribution in [0.25, 0.3) is 0 Å². The lowest BCUT2D eigenvalue weighted by Gasteiger charge is -2.59. The second-order valence-electron chi connectivity index (χ2n) is 7.50. The summed E-state index contributed by atoms with van der Waals surface area (Å²) in [7, 11) is 0. The fourth-order valence-electron chi connectivity index (χ4n) is 5.13. The normalized spacial score (nSPS) is 40.1. The topological polar surface area (TPSA) is 52.6 Å². The first kappa shape index (κ1) is 14.6. The van der Waals surface area contributed by atoms with Crippen LogP contribution in [-0.4, -0.2) is 23.6 Å². The van der Waals surface area contributed by atoms with Gasteiger partial charge in [0.2, 0.25) is 0 Å². The number of hydrogen-bond donors (Lipinski definition) is 0. The summed E-state index contributed by atoms with van der Waals surface area (Å²) in [6.07, 6.45) is 6.46. The van der Waals surface area contributed by atoms with Crippen LogP contribution in [0.5, 0.6) is 0 Å². The molecule has 116 valence electrons. The molecule has 2 atom stereocenters. The smallest absolute Gasteiger partial charge is 0.330 e. The number of esters is 2. The summed E-state index contributed by atoms with van der Waals surface area (Å²) in [5.41, 5.74) is -0.902. The number of carbonyl (C=O) groups excluding carboxylic acids is 2. The molecule has 4 aliphatic rings. The van der Waals surface area contributed by atoms with Crippen LogP contribution in [0.15, 0.2) is 12.7 Å². The first-order valence-corrected chi connectivity index (χ1v) is 7.93. The Morgan fingerprint density at radius 3 is 2.33 bits per heavy atom. The van der Waals surface area contributed by atoms with Crippen molar-refractivity contribution in [2.75, 3.05) is 0 Å². The molecule has 4 aliphatic carbocycles. The molecule has 4 nitrogen and oxygen atoms in total. The molecule has 0 radical (unpaired) electrons. The molecule has 0 saturated heterocycles. The van der Waals surface area contributed by atoms with Crippen molar-refractivity contribution in [2.24, 2.45) is 17.3 Å². The van der Waals surface area contributed by atoms with Crippen LogP contribution in [0.1, 0.15) is 52.4 Å². The van der Waals surface area contributed by atoms with E-state index in [2.05, 4.69) is 6.58 Å². The third-order valence-electron chi connectivity index (χ3n) is 5.27. The zero-order valence-electron chi connectivity index (χ0n) is 12.9. The van der Waals surface area contributed by atoms with Crippen LogP contribution in [0.2, 0.25) is 0 Å². The highest BCUT2D eigenvalue weighted by Crippen LogP contribution is 2.63. The van der Waals surface area contributed by atoms with Gasteiger partial charge in [0.15, 0.2) is 0 Å². The van der Waals surface area contributed by atoms with Crippen molar-refractivity contribution in [2.45, 2.75) is 64.1 Å². The lowest BCUT2D eigenvalue weighted by molar-refractivity contribution is -0.211. The van der Waals surface area contributed by atoms with Crippen molar-refractivity contribution in [3.05, 3.63) is 12.7 Å². The Kier molecular flexibility index (Phi) is 3.38. The van der Waals surface area contributed by atoms with Crippen molar-refractivity contribution < 1.29 is 19.1 Å². The fraction of sp³-hybridized carbons (Fsp3) is 0.765. The summed E-state index contributed by atoms with van der Waals surface area (Å²) in [5.74, 6) is 0.488. The molecule has 0 aromatic carbocycles. The summed E-state index contributed by atoms with van der Waals surface area (Å²) >= 11 is 0. The zero-order valence-corrected chi connectivity index (χ0v) is 12.9. The van der Waals surface area contributed by atoms with E-state index in [0.717, 1.165) is 32.1 Å². The van der Waals surface area contributed by atoms with Crippen molar-refractivity contribution in [3.8, 4) is 0 Å². The number of carbonyl (C=O) groups is 2. The van der Waals surface area contributed by atoms with Crippen LogP contribution in [-0.2, 0) is 19.1 Å². The van der Waals surface area contributed by atoms with Crippen LogP contribution in [0, 0.1) is 17.3 Å². The van der Waals surface area contributed by atoms with E-state index in [9.17, 15) is 9.59 Å². The highest BCUT2D eigenvalue weighted by molar-refractivity contribution is 5.82. The predicted molar refractivity (Wildman–Crippen MR) is 77.4 cm³/mol. The van der Waals surface area contributed by atoms with Crippen LogP contribution in [0.3, 0.4) is 0 Å². The second-order valence-corrected chi connectivity index (χ2v) is 7.50. The summed E-state index contributed by atoms with van der Waals surface area (Å²) in [4.78, 5) is 24.3. The Morgan fingerprint density at radius 2 is 1.81 bits per heavy atom. The van der Waals surface area contributed by atoms with E-state index < -0.39 is 11.0 Å². The molecule has 0 heterocycles. The van der Waals surface area contributed by atoms with E-state index in [4.69, 9.17) is 9.47 Å². The Hall–Kier alpha value is -1.32. The minimum absolute atomic E-state index is 0.0920. The average molecular weight is 292 g/mol. The van der Waals surface area contributed by atoms with Gasteiger partial charge in [-0.25, -0.2) is 4.79 Å². The molecule has 0 aliphatic heterocycles. The summed E-state index contributed by atoms with van der Waals surface area (Å²) in [5, 5.41) is 0. The first-order valence-electron chi connectivity index (χ1n) is 7.93. The van der Waals surface area contributed by atoms with Crippen LogP contribution in [0.4, 0.5) is 0 Å². The Bertz CT molecular complexity index is 465. The molecule has 0 N–H and O–H groups in total. The minimum Gasteiger partial charge on any atom is -0.463 e. The molecule has 0 amide bonds. The van der Waals surface area contributed by atoms with Crippen molar-refractivity contribution in [1.29, 1.82) is 0 Å². The molecular weight excluding hydrogens is 268 g/mol. The third-order valence-corrected chi connectivity index (χ3v) is 5.27. The number of hydrogen-bond acceptors (Lipinski definition) is 4. The summed E-state index contributed by atoms with van der Waals surface area (Å²) in [6.45, 7) is 7.25. The molecule has 4 heteroatoms. The Morgan fingerprint density at radius 1 is 1.19 bits per heavy atom. The van der Waals surface area contributed by atoms with Gasteiger partial charge in [0.05, 0.1) is 11.5 Å². The minimum atomic E-state index is -0.467. The van der Waals surface area contributed by atoms with Crippen molar-refractivity contribution in [1.82, 2.24) is 0 Å². The predicted octanol–water partition coefficient (Wildman–Crippen LogP) is 3.01. The molecule has 4 fully saturated rings. The molecular formula is C17H24O4. The summed E-state index contributed by atoms with van der Waals surface area (Å²) < 4.78 is 11.2. The molecule has 4 saturated carbocycles. The maximum absolute atomic E-state index is 12.6. The van der Waals surface area contributed by atoms with Crippen molar-refractivity contribution >= 4 is 11.9 Å². The van der Waals surface area contributed by atoms with E-state index in [1.807, 2.05) is 13.8 Å². The number of rotatable bonds is 4. The maximum atomic E-state index is 12.6. The van der Waals surface area contributed by atoms with Gasteiger partial charge in [-0.05, 0) is 57.8 Å². The van der Waals surface area contributed by atoms with Gasteiger partial charge in [0.25, 0.3) is 0 Å². The van der Waals surface area contributed by atoms with Crippen LogP contribution >= 0.6 is 0 Å². The van der Waals surface area contributed by atoms with Gasteiger partial charge in [-0.1, -0.05) is 6.58 Å². The highest BCUT2D eigenvalue weighted by atomic mass is 16.6. The monoisotopic (exact) mass is 292 g/mol. The molecule has 0 spiro atoms. The van der Waals surface area contributed by atoms with Gasteiger partial charge >= 0.3 is 11.9 Å². The molecule has 4 rings (SSSR count). The third kappa shape index (κ3) is 2.49. The van der Waals surface area contributed by atoms with Gasteiger partial charge in [0.1, 0.15) is 5.60 Å². The van der Waals surface area contributed by atoms with Gasteiger partial charge in [0, 0.05) is 12.5 Å². The molecule has 0 aromatic heterocycles.